The lowest BCUT2D eigenvalue weighted by atomic mass is 9.94. The average Bonchev–Trinajstić information content (AvgIpc) is 2.77. The van der Waals surface area contributed by atoms with Gasteiger partial charge >= 0.3 is 0 Å². The molecule has 0 saturated carbocycles. The topological polar surface area (TPSA) is 46.9 Å². The summed E-state index contributed by atoms with van der Waals surface area (Å²) in [6.45, 7) is 6.07. The summed E-state index contributed by atoms with van der Waals surface area (Å²) in [5, 5.41) is 7.34. The molecule has 1 amide bonds. The first-order valence-electron chi connectivity index (χ1n) is 6.42. The molecule has 1 heterocycles. The summed E-state index contributed by atoms with van der Waals surface area (Å²) < 4.78 is 1.67. The predicted octanol–water partition coefficient (Wildman–Crippen LogP) is 2.51. The summed E-state index contributed by atoms with van der Waals surface area (Å²) in [7, 11) is 1.82. The van der Waals surface area contributed by atoms with E-state index in [0.29, 0.717) is 11.4 Å². The molecule has 1 aromatic heterocycles. The van der Waals surface area contributed by atoms with Crippen molar-refractivity contribution in [3.63, 3.8) is 0 Å². The van der Waals surface area contributed by atoms with Crippen LogP contribution in [0.5, 0.6) is 0 Å². The quantitative estimate of drug-likeness (QED) is 0.808. The number of aromatic nitrogens is 2. The van der Waals surface area contributed by atoms with E-state index in [2.05, 4.69) is 10.4 Å². The van der Waals surface area contributed by atoms with Gasteiger partial charge < -0.3 is 5.32 Å². The van der Waals surface area contributed by atoms with Crippen LogP contribution in [0.3, 0.4) is 0 Å². The Morgan fingerprint density at radius 2 is 2.06 bits per heavy atom. The Hall–Kier alpha value is -1.03. The summed E-state index contributed by atoms with van der Waals surface area (Å²) in [6.07, 6.45) is 4.15. The zero-order valence-electron chi connectivity index (χ0n) is 11.6. The molecule has 0 aliphatic rings. The van der Waals surface area contributed by atoms with Crippen LogP contribution in [0.4, 0.5) is 0 Å². The first-order valence-corrected chi connectivity index (χ1v) is 6.96. The third-order valence-corrected chi connectivity index (χ3v) is 3.98. The monoisotopic (exact) mass is 271 g/mol. The summed E-state index contributed by atoms with van der Waals surface area (Å²) in [6, 6.07) is 0. The summed E-state index contributed by atoms with van der Waals surface area (Å²) >= 11 is 6.00. The van der Waals surface area contributed by atoms with Gasteiger partial charge in [-0.05, 0) is 19.3 Å². The van der Waals surface area contributed by atoms with Crippen LogP contribution < -0.4 is 5.32 Å². The molecule has 18 heavy (non-hydrogen) atoms. The van der Waals surface area contributed by atoms with Crippen LogP contribution in [0, 0.1) is 0 Å². The molecule has 5 heteroatoms. The van der Waals surface area contributed by atoms with Crippen LogP contribution in [0.1, 0.15) is 49.7 Å². The van der Waals surface area contributed by atoms with Crippen LogP contribution in [0.25, 0.3) is 0 Å². The zero-order chi connectivity index (χ0) is 13.8. The zero-order valence-corrected chi connectivity index (χ0v) is 12.3. The Labute approximate surface area is 114 Å². The number of halogens is 1. The van der Waals surface area contributed by atoms with Crippen molar-refractivity contribution < 1.29 is 4.79 Å². The second kappa shape index (κ2) is 6.23. The lowest BCUT2D eigenvalue weighted by Gasteiger charge is -2.30. The molecule has 0 spiro atoms. The number of nitrogens with zero attached hydrogens (tertiary/aromatic N) is 2. The van der Waals surface area contributed by atoms with Crippen LogP contribution in [-0.2, 0) is 13.5 Å². The van der Waals surface area contributed by atoms with Gasteiger partial charge in [0, 0.05) is 19.1 Å². The smallest absolute Gasteiger partial charge is 0.255 e. The van der Waals surface area contributed by atoms with Gasteiger partial charge in [0.15, 0.2) is 0 Å². The third kappa shape index (κ3) is 3.05. The molecule has 0 radical (unpaired) electrons. The van der Waals surface area contributed by atoms with Crippen molar-refractivity contribution in [2.24, 2.45) is 7.05 Å². The molecule has 0 atom stereocenters. The number of aryl methyl sites for hydroxylation is 2. The van der Waals surface area contributed by atoms with Gasteiger partial charge in [-0.25, -0.2) is 0 Å². The SMILES string of the molecule is CCc1nn(C)cc1C(=O)NC(CC)(CC)CCl. The first-order chi connectivity index (χ1) is 8.51. The van der Waals surface area contributed by atoms with Crippen molar-refractivity contribution in [3.8, 4) is 0 Å². The van der Waals surface area contributed by atoms with Crippen molar-refractivity contribution in [1.82, 2.24) is 15.1 Å². The van der Waals surface area contributed by atoms with Crippen molar-refractivity contribution in [2.75, 3.05) is 5.88 Å². The number of hydrogen-bond acceptors (Lipinski definition) is 2. The summed E-state index contributed by atoms with van der Waals surface area (Å²) in [5.74, 6) is 0.345. The van der Waals surface area contributed by atoms with Crippen LogP contribution in [0.2, 0.25) is 0 Å². The molecule has 0 saturated heterocycles. The Bertz CT molecular complexity index is 402. The van der Waals surface area contributed by atoms with Gasteiger partial charge in [0.2, 0.25) is 0 Å². The Balaban J connectivity index is 2.93. The lowest BCUT2D eigenvalue weighted by molar-refractivity contribution is 0.0901. The van der Waals surface area contributed by atoms with Crippen LogP contribution >= 0.6 is 11.6 Å². The molecule has 4 nitrogen and oxygen atoms in total. The molecular weight excluding hydrogens is 250 g/mol. The molecule has 0 bridgehead atoms. The van der Waals surface area contributed by atoms with E-state index in [1.54, 1.807) is 10.9 Å². The largest absolute Gasteiger partial charge is 0.345 e. The standard InChI is InChI=1S/C13H22ClN3O/c1-5-11-10(8-17(4)16-11)12(18)15-13(6-2,7-3)9-14/h8H,5-7,9H2,1-4H3,(H,15,18). The van der Waals surface area contributed by atoms with E-state index in [1.807, 2.05) is 27.8 Å². The number of hydrogen-bond donors (Lipinski definition) is 1. The van der Waals surface area contributed by atoms with Gasteiger partial charge in [-0.1, -0.05) is 20.8 Å². The number of carbonyl (C=O) groups is 1. The fourth-order valence-corrected chi connectivity index (χ4v) is 2.39. The van der Waals surface area contributed by atoms with Crippen molar-refractivity contribution >= 4 is 17.5 Å². The Kier molecular flexibility index (Phi) is 5.20. The van der Waals surface area contributed by atoms with E-state index < -0.39 is 0 Å². The molecule has 1 aromatic rings. The molecule has 0 aliphatic carbocycles. The van der Waals surface area contributed by atoms with Crippen LogP contribution in [-0.4, -0.2) is 27.1 Å². The highest BCUT2D eigenvalue weighted by Gasteiger charge is 2.28. The first kappa shape index (κ1) is 15.0. The average molecular weight is 272 g/mol. The highest BCUT2D eigenvalue weighted by molar-refractivity contribution is 6.19. The van der Waals surface area contributed by atoms with E-state index >= 15 is 0 Å². The van der Waals surface area contributed by atoms with Crippen molar-refractivity contribution in [3.05, 3.63) is 17.5 Å². The summed E-state index contributed by atoms with van der Waals surface area (Å²) in [4.78, 5) is 12.3. The van der Waals surface area contributed by atoms with E-state index in [1.165, 1.54) is 0 Å². The maximum Gasteiger partial charge on any atom is 0.255 e. The maximum absolute atomic E-state index is 12.3. The summed E-state index contributed by atoms with van der Waals surface area (Å²) in [5.41, 5.74) is 1.15. The molecule has 0 unspecified atom stereocenters. The maximum atomic E-state index is 12.3. The number of alkyl halides is 1. The van der Waals surface area contributed by atoms with Gasteiger partial charge in [0.1, 0.15) is 0 Å². The van der Waals surface area contributed by atoms with Gasteiger partial charge in [-0.3, -0.25) is 9.48 Å². The number of carbonyl (C=O) groups excluding carboxylic acids is 1. The normalized spacial score (nSPS) is 11.6. The second-order valence-corrected chi connectivity index (χ2v) is 4.86. The van der Waals surface area contributed by atoms with E-state index in [9.17, 15) is 4.79 Å². The molecule has 0 fully saturated rings. The number of amides is 1. The minimum Gasteiger partial charge on any atom is -0.345 e. The van der Waals surface area contributed by atoms with E-state index in [0.717, 1.165) is 25.0 Å². The number of nitrogens with one attached hydrogen (secondary N) is 1. The fourth-order valence-electron chi connectivity index (χ4n) is 1.94. The fraction of sp³-hybridized carbons (Fsp3) is 0.692. The Morgan fingerprint density at radius 3 is 2.50 bits per heavy atom. The molecular formula is C13H22ClN3O. The molecule has 1 rings (SSSR count). The highest BCUT2D eigenvalue weighted by atomic mass is 35.5. The molecule has 0 aliphatic heterocycles. The van der Waals surface area contributed by atoms with Gasteiger partial charge in [0.25, 0.3) is 5.91 Å². The van der Waals surface area contributed by atoms with Gasteiger partial charge in [0.05, 0.1) is 16.8 Å². The molecule has 0 aromatic carbocycles. The minimum absolute atomic E-state index is 0.0794. The Morgan fingerprint density at radius 1 is 1.44 bits per heavy atom. The minimum atomic E-state index is -0.320. The molecule has 1 N–H and O–H groups in total. The van der Waals surface area contributed by atoms with E-state index in [-0.39, 0.29) is 11.4 Å². The van der Waals surface area contributed by atoms with Gasteiger partial charge in [-0.15, -0.1) is 11.6 Å². The van der Waals surface area contributed by atoms with Gasteiger partial charge in [-0.2, -0.15) is 5.10 Å². The second-order valence-electron chi connectivity index (χ2n) is 4.59. The van der Waals surface area contributed by atoms with Crippen LogP contribution in [0.15, 0.2) is 6.20 Å². The number of rotatable bonds is 6. The van der Waals surface area contributed by atoms with Crippen molar-refractivity contribution in [2.45, 2.75) is 45.6 Å². The lowest BCUT2D eigenvalue weighted by Crippen LogP contribution is -2.49. The third-order valence-electron chi connectivity index (χ3n) is 3.47. The van der Waals surface area contributed by atoms with E-state index in [4.69, 9.17) is 11.6 Å². The molecule has 102 valence electrons. The predicted molar refractivity (Wildman–Crippen MR) is 74.1 cm³/mol. The highest BCUT2D eigenvalue weighted by Crippen LogP contribution is 2.18. The van der Waals surface area contributed by atoms with Crippen molar-refractivity contribution in [1.29, 1.82) is 0 Å².